The van der Waals surface area contributed by atoms with Crippen LogP contribution in [0.4, 0.5) is 4.79 Å². The maximum absolute atomic E-state index is 12.1. The van der Waals surface area contributed by atoms with Gasteiger partial charge >= 0.3 is 6.09 Å². The molecular formula is C18H29N3O2. The van der Waals surface area contributed by atoms with E-state index in [2.05, 4.69) is 16.4 Å². The second-order valence-corrected chi connectivity index (χ2v) is 7.16. The lowest BCUT2D eigenvalue weighted by Gasteiger charge is -2.26. The number of hydrogen-bond donors (Lipinski definition) is 1. The van der Waals surface area contributed by atoms with Gasteiger partial charge in [0.1, 0.15) is 5.60 Å². The number of nitrogens with one attached hydrogen (secondary N) is 1. The highest BCUT2D eigenvalue weighted by Crippen LogP contribution is 2.15. The highest BCUT2D eigenvalue weighted by atomic mass is 16.6. The van der Waals surface area contributed by atoms with Gasteiger partial charge in [-0.3, -0.25) is 4.98 Å². The topological polar surface area (TPSA) is 54.5 Å². The molecule has 0 spiro atoms. The molecule has 128 valence electrons. The van der Waals surface area contributed by atoms with Gasteiger partial charge in [-0.1, -0.05) is 6.07 Å². The molecule has 5 heteroatoms. The molecule has 1 amide bonds. The van der Waals surface area contributed by atoms with Crippen LogP contribution >= 0.6 is 0 Å². The van der Waals surface area contributed by atoms with Crippen LogP contribution in [0.2, 0.25) is 0 Å². The zero-order chi connectivity index (χ0) is 16.7. The number of amides is 1. The van der Waals surface area contributed by atoms with Crippen molar-refractivity contribution in [3.8, 4) is 0 Å². The quantitative estimate of drug-likeness (QED) is 0.927. The Hall–Kier alpha value is -1.62. The molecule has 1 fully saturated rings. The molecule has 1 aromatic rings. The van der Waals surface area contributed by atoms with Gasteiger partial charge < -0.3 is 15.0 Å². The van der Waals surface area contributed by atoms with Gasteiger partial charge in [0.2, 0.25) is 0 Å². The Balaban J connectivity index is 1.72. The molecule has 1 N–H and O–H groups in total. The Morgan fingerprint density at radius 2 is 2.22 bits per heavy atom. The van der Waals surface area contributed by atoms with E-state index in [1.54, 1.807) is 6.20 Å². The van der Waals surface area contributed by atoms with Gasteiger partial charge in [0.25, 0.3) is 0 Å². The predicted molar refractivity (Wildman–Crippen MR) is 91.4 cm³/mol. The van der Waals surface area contributed by atoms with Crippen molar-refractivity contribution in [2.75, 3.05) is 19.6 Å². The summed E-state index contributed by atoms with van der Waals surface area (Å²) in [6.07, 6.45) is 7.61. The lowest BCUT2D eigenvalue weighted by atomic mass is 10.1. The first-order chi connectivity index (χ1) is 10.9. The lowest BCUT2D eigenvalue weighted by molar-refractivity contribution is 0.0256. The first-order valence-corrected chi connectivity index (χ1v) is 8.54. The number of carbonyl (C=O) groups excluding carboxylic acids is 1. The van der Waals surface area contributed by atoms with Crippen molar-refractivity contribution in [2.24, 2.45) is 0 Å². The molecular weight excluding hydrogens is 290 g/mol. The van der Waals surface area contributed by atoms with Crippen molar-refractivity contribution in [1.29, 1.82) is 0 Å². The van der Waals surface area contributed by atoms with Crippen molar-refractivity contribution in [3.05, 3.63) is 30.1 Å². The molecule has 1 aromatic heterocycles. The molecule has 0 aromatic carbocycles. The Kier molecular flexibility index (Phi) is 6.39. The summed E-state index contributed by atoms with van der Waals surface area (Å²) in [6, 6.07) is 4.55. The lowest BCUT2D eigenvalue weighted by Crippen LogP contribution is -2.38. The molecule has 0 aliphatic carbocycles. The molecule has 1 unspecified atom stereocenters. The highest BCUT2D eigenvalue weighted by Gasteiger charge is 2.24. The van der Waals surface area contributed by atoms with Gasteiger partial charge in [-0.25, -0.2) is 4.79 Å². The smallest absolute Gasteiger partial charge is 0.410 e. The van der Waals surface area contributed by atoms with Gasteiger partial charge in [0.15, 0.2) is 0 Å². The summed E-state index contributed by atoms with van der Waals surface area (Å²) in [6.45, 7) is 8.22. The fourth-order valence-corrected chi connectivity index (χ4v) is 2.78. The molecule has 1 saturated heterocycles. The summed E-state index contributed by atoms with van der Waals surface area (Å²) in [5.74, 6) is 0. The molecule has 23 heavy (non-hydrogen) atoms. The van der Waals surface area contributed by atoms with E-state index >= 15 is 0 Å². The Labute approximate surface area is 139 Å². The molecule has 5 nitrogen and oxygen atoms in total. The van der Waals surface area contributed by atoms with Crippen LogP contribution in [0.25, 0.3) is 0 Å². The zero-order valence-corrected chi connectivity index (χ0v) is 14.5. The van der Waals surface area contributed by atoms with Crippen LogP contribution in [0.5, 0.6) is 0 Å². The van der Waals surface area contributed by atoms with Crippen LogP contribution in [0, 0.1) is 0 Å². The predicted octanol–water partition coefficient (Wildman–Crippen LogP) is 3.00. The van der Waals surface area contributed by atoms with E-state index in [9.17, 15) is 4.79 Å². The number of nitrogens with zero attached hydrogens (tertiary/aromatic N) is 2. The molecule has 2 heterocycles. The summed E-state index contributed by atoms with van der Waals surface area (Å²) in [7, 11) is 0. The van der Waals surface area contributed by atoms with Gasteiger partial charge in [-0.05, 0) is 64.6 Å². The number of rotatable bonds is 4. The maximum Gasteiger partial charge on any atom is 0.410 e. The number of pyridine rings is 1. The van der Waals surface area contributed by atoms with Crippen LogP contribution in [-0.4, -0.2) is 47.3 Å². The van der Waals surface area contributed by atoms with Gasteiger partial charge in [-0.15, -0.1) is 0 Å². The molecule has 1 aliphatic heterocycles. The summed E-state index contributed by atoms with van der Waals surface area (Å²) < 4.78 is 5.47. The van der Waals surface area contributed by atoms with Gasteiger partial charge in [-0.2, -0.15) is 0 Å². The summed E-state index contributed by atoms with van der Waals surface area (Å²) in [5, 5.41) is 3.61. The van der Waals surface area contributed by atoms with E-state index in [0.29, 0.717) is 6.04 Å². The fraction of sp³-hybridized carbons (Fsp3) is 0.667. The van der Waals surface area contributed by atoms with Crippen LogP contribution in [0.1, 0.15) is 45.6 Å². The average molecular weight is 319 g/mol. The van der Waals surface area contributed by atoms with E-state index in [4.69, 9.17) is 4.74 Å². The Morgan fingerprint density at radius 3 is 2.91 bits per heavy atom. The van der Waals surface area contributed by atoms with Crippen LogP contribution in [0.15, 0.2) is 24.5 Å². The summed E-state index contributed by atoms with van der Waals surface area (Å²) in [5.41, 5.74) is 0.828. The number of hydrogen-bond acceptors (Lipinski definition) is 4. The van der Waals surface area contributed by atoms with E-state index in [0.717, 1.165) is 45.3 Å². The summed E-state index contributed by atoms with van der Waals surface area (Å²) >= 11 is 0. The minimum atomic E-state index is -0.426. The second kappa shape index (κ2) is 8.29. The standard InChI is InChI=1S/C18H29N3O2/c1-18(2,3)23-17(22)21-12-5-7-16(9-13-21)20-11-8-15-6-4-10-19-14-15/h4,6,10,14,16,20H,5,7-9,11-13H2,1-3H3. The minimum absolute atomic E-state index is 0.187. The van der Waals surface area contributed by atoms with Crippen molar-refractivity contribution in [2.45, 2.75) is 58.1 Å². The third-order valence-electron chi connectivity index (χ3n) is 3.95. The minimum Gasteiger partial charge on any atom is -0.444 e. The number of likely N-dealkylation sites (tertiary alicyclic amines) is 1. The molecule has 0 saturated carbocycles. The highest BCUT2D eigenvalue weighted by molar-refractivity contribution is 5.68. The second-order valence-electron chi connectivity index (χ2n) is 7.16. The van der Waals surface area contributed by atoms with E-state index in [1.807, 2.05) is 37.9 Å². The van der Waals surface area contributed by atoms with Gasteiger partial charge in [0.05, 0.1) is 0 Å². The van der Waals surface area contributed by atoms with Crippen molar-refractivity contribution in [1.82, 2.24) is 15.2 Å². The van der Waals surface area contributed by atoms with E-state index < -0.39 is 5.60 Å². The molecule has 0 radical (unpaired) electrons. The van der Waals surface area contributed by atoms with Crippen LogP contribution in [0.3, 0.4) is 0 Å². The maximum atomic E-state index is 12.1. The number of aromatic nitrogens is 1. The fourth-order valence-electron chi connectivity index (χ4n) is 2.78. The Bertz CT molecular complexity index is 485. The van der Waals surface area contributed by atoms with Crippen molar-refractivity contribution in [3.63, 3.8) is 0 Å². The average Bonchev–Trinajstić information content (AvgIpc) is 2.72. The Morgan fingerprint density at radius 1 is 1.39 bits per heavy atom. The number of carbonyl (C=O) groups is 1. The van der Waals surface area contributed by atoms with Gasteiger partial charge in [0, 0.05) is 31.5 Å². The third-order valence-corrected chi connectivity index (χ3v) is 3.95. The van der Waals surface area contributed by atoms with Crippen LogP contribution in [-0.2, 0) is 11.2 Å². The van der Waals surface area contributed by atoms with Crippen molar-refractivity contribution >= 4 is 6.09 Å². The largest absolute Gasteiger partial charge is 0.444 e. The molecule has 2 rings (SSSR count). The molecule has 1 atom stereocenters. The van der Waals surface area contributed by atoms with E-state index in [1.165, 1.54) is 5.56 Å². The molecule has 1 aliphatic rings. The van der Waals surface area contributed by atoms with Crippen molar-refractivity contribution < 1.29 is 9.53 Å². The first-order valence-electron chi connectivity index (χ1n) is 8.54. The van der Waals surface area contributed by atoms with Crippen LogP contribution < -0.4 is 5.32 Å². The SMILES string of the molecule is CC(C)(C)OC(=O)N1CCCC(NCCc2cccnc2)CC1. The van der Waals surface area contributed by atoms with E-state index in [-0.39, 0.29) is 6.09 Å². The summed E-state index contributed by atoms with van der Waals surface area (Å²) in [4.78, 5) is 18.1. The normalized spacial score (nSPS) is 19.3. The zero-order valence-electron chi connectivity index (χ0n) is 14.5. The molecule has 0 bridgehead atoms. The monoisotopic (exact) mass is 319 g/mol. The number of ether oxygens (including phenoxy) is 1. The third kappa shape index (κ3) is 6.57. The first kappa shape index (κ1) is 17.7.